The van der Waals surface area contributed by atoms with Gasteiger partial charge in [0, 0.05) is 0 Å². The van der Waals surface area contributed by atoms with Crippen LogP contribution in [0.1, 0.15) is 11.1 Å². The first-order valence-electron chi connectivity index (χ1n) is 5.57. The molecule has 0 N–H and O–H groups in total. The van der Waals surface area contributed by atoms with Crippen LogP contribution in [0.3, 0.4) is 0 Å². The summed E-state index contributed by atoms with van der Waals surface area (Å²) in [4.78, 5) is 0. The Kier molecular flexibility index (Phi) is 3.21. The van der Waals surface area contributed by atoms with Crippen molar-refractivity contribution < 1.29 is 0 Å². The van der Waals surface area contributed by atoms with E-state index in [1.54, 1.807) is 0 Å². The lowest BCUT2D eigenvalue weighted by molar-refractivity contribution is 1.26. The van der Waals surface area contributed by atoms with Gasteiger partial charge in [0.25, 0.3) is 0 Å². The van der Waals surface area contributed by atoms with Gasteiger partial charge in [-0.15, -0.1) is 6.58 Å². The summed E-state index contributed by atoms with van der Waals surface area (Å²) in [6.45, 7) is 5.94. The monoisotopic (exact) mass is 208 g/mol. The minimum Gasteiger partial charge on any atom is -0.103 e. The van der Waals surface area contributed by atoms with Gasteiger partial charge in [0.1, 0.15) is 0 Å². The van der Waals surface area contributed by atoms with Crippen LogP contribution in [-0.4, -0.2) is 0 Å². The third kappa shape index (κ3) is 2.22. The van der Waals surface area contributed by atoms with Gasteiger partial charge in [-0.2, -0.15) is 0 Å². The molecule has 0 atom stereocenters. The fourth-order valence-corrected chi connectivity index (χ4v) is 1.91. The molecule has 16 heavy (non-hydrogen) atoms. The minimum absolute atomic E-state index is 0.921. The summed E-state index contributed by atoms with van der Waals surface area (Å²) in [6.07, 6.45) is 2.88. The topological polar surface area (TPSA) is 0 Å². The van der Waals surface area contributed by atoms with Crippen molar-refractivity contribution in [3.05, 3.63) is 72.3 Å². The van der Waals surface area contributed by atoms with Crippen molar-refractivity contribution in [1.29, 1.82) is 0 Å². The van der Waals surface area contributed by atoms with Crippen molar-refractivity contribution in [3.63, 3.8) is 0 Å². The fourth-order valence-electron chi connectivity index (χ4n) is 1.91. The van der Waals surface area contributed by atoms with E-state index in [4.69, 9.17) is 0 Å². The predicted octanol–water partition coefficient (Wildman–Crippen LogP) is 4.39. The van der Waals surface area contributed by atoms with Crippen molar-refractivity contribution in [2.75, 3.05) is 0 Å². The average Bonchev–Trinajstić information content (AvgIpc) is 2.33. The standard InChI is InChI=1S/C16H16/c1-3-7-14-11-10-13(2)12-16(14)15-8-5-4-6-9-15/h3-6,8-12H,1,7H2,2H3. The van der Waals surface area contributed by atoms with Crippen molar-refractivity contribution >= 4 is 0 Å². The van der Waals surface area contributed by atoms with E-state index in [-0.39, 0.29) is 0 Å². The van der Waals surface area contributed by atoms with Crippen molar-refractivity contribution in [3.8, 4) is 11.1 Å². The minimum atomic E-state index is 0.921. The molecule has 2 aromatic carbocycles. The van der Waals surface area contributed by atoms with E-state index < -0.39 is 0 Å². The summed E-state index contributed by atoms with van der Waals surface area (Å²) in [6, 6.07) is 17.1. The molecule has 0 bridgehead atoms. The molecule has 0 aliphatic carbocycles. The van der Waals surface area contributed by atoms with E-state index in [0.29, 0.717) is 0 Å². The zero-order valence-electron chi connectivity index (χ0n) is 9.61. The van der Waals surface area contributed by atoms with Crippen LogP contribution in [0.5, 0.6) is 0 Å². The maximum atomic E-state index is 3.81. The third-order valence-corrected chi connectivity index (χ3v) is 2.71. The summed E-state index contributed by atoms with van der Waals surface area (Å²) in [5.41, 5.74) is 5.24. The number of rotatable bonds is 3. The van der Waals surface area contributed by atoms with Gasteiger partial charge in [0.15, 0.2) is 0 Å². The van der Waals surface area contributed by atoms with E-state index in [1.165, 1.54) is 22.3 Å². The van der Waals surface area contributed by atoms with Crippen LogP contribution in [0, 0.1) is 6.92 Å². The van der Waals surface area contributed by atoms with Gasteiger partial charge in [-0.25, -0.2) is 0 Å². The highest BCUT2D eigenvalue weighted by Crippen LogP contribution is 2.25. The Morgan fingerprint density at radius 3 is 2.50 bits per heavy atom. The Bertz CT molecular complexity index is 481. The second-order valence-corrected chi connectivity index (χ2v) is 4.02. The zero-order valence-corrected chi connectivity index (χ0v) is 9.61. The largest absolute Gasteiger partial charge is 0.103 e. The Hall–Kier alpha value is -1.82. The number of allylic oxidation sites excluding steroid dienone is 1. The van der Waals surface area contributed by atoms with Crippen LogP contribution >= 0.6 is 0 Å². The summed E-state index contributed by atoms with van der Waals surface area (Å²) < 4.78 is 0. The molecule has 0 saturated carbocycles. The van der Waals surface area contributed by atoms with Crippen LogP contribution in [-0.2, 0) is 6.42 Å². The Balaban J connectivity index is 2.53. The highest BCUT2D eigenvalue weighted by Gasteiger charge is 2.03. The summed E-state index contributed by atoms with van der Waals surface area (Å²) in [5.74, 6) is 0. The van der Waals surface area contributed by atoms with E-state index in [9.17, 15) is 0 Å². The van der Waals surface area contributed by atoms with Gasteiger partial charge in [-0.1, -0.05) is 60.2 Å². The summed E-state index contributed by atoms with van der Waals surface area (Å²) in [5, 5.41) is 0. The second kappa shape index (κ2) is 4.80. The van der Waals surface area contributed by atoms with Crippen LogP contribution in [0.15, 0.2) is 61.2 Å². The molecule has 0 heterocycles. The summed E-state index contributed by atoms with van der Waals surface area (Å²) in [7, 11) is 0. The van der Waals surface area contributed by atoms with Gasteiger partial charge in [-0.3, -0.25) is 0 Å². The van der Waals surface area contributed by atoms with Gasteiger partial charge in [0.05, 0.1) is 0 Å². The fraction of sp³-hybridized carbons (Fsp3) is 0.125. The number of hydrogen-bond acceptors (Lipinski definition) is 0. The van der Waals surface area contributed by atoms with E-state index in [2.05, 4.69) is 56.0 Å². The molecule has 0 aliphatic heterocycles. The van der Waals surface area contributed by atoms with Gasteiger partial charge in [-0.05, 0) is 30.0 Å². The van der Waals surface area contributed by atoms with Crippen molar-refractivity contribution in [1.82, 2.24) is 0 Å². The SMILES string of the molecule is C=CCc1ccc(C)cc1-c1ccccc1. The Morgan fingerprint density at radius 1 is 1.06 bits per heavy atom. The molecule has 0 unspecified atom stereocenters. The molecular formula is C16H16. The van der Waals surface area contributed by atoms with E-state index >= 15 is 0 Å². The van der Waals surface area contributed by atoms with Gasteiger partial charge in [0.2, 0.25) is 0 Å². The lowest BCUT2D eigenvalue weighted by Crippen LogP contribution is -1.89. The molecule has 0 aromatic heterocycles. The molecule has 0 heteroatoms. The van der Waals surface area contributed by atoms with Crippen LogP contribution in [0.4, 0.5) is 0 Å². The van der Waals surface area contributed by atoms with Crippen molar-refractivity contribution in [2.45, 2.75) is 13.3 Å². The first kappa shape index (κ1) is 10.7. The maximum absolute atomic E-state index is 3.81. The lowest BCUT2D eigenvalue weighted by Gasteiger charge is -2.09. The molecule has 0 aliphatic rings. The first-order chi connectivity index (χ1) is 7.81. The Morgan fingerprint density at radius 2 is 1.81 bits per heavy atom. The second-order valence-electron chi connectivity index (χ2n) is 4.02. The highest BCUT2D eigenvalue weighted by atomic mass is 14.1. The highest BCUT2D eigenvalue weighted by molar-refractivity contribution is 5.68. The van der Waals surface area contributed by atoms with Gasteiger partial charge >= 0.3 is 0 Å². The lowest BCUT2D eigenvalue weighted by atomic mass is 9.96. The quantitative estimate of drug-likeness (QED) is 0.656. The maximum Gasteiger partial charge on any atom is -0.00940 e. The average molecular weight is 208 g/mol. The predicted molar refractivity (Wildman–Crippen MR) is 70.5 cm³/mol. The first-order valence-corrected chi connectivity index (χ1v) is 5.57. The van der Waals surface area contributed by atoms with Gasteiger partial charge < -0.3 is 0 Å². The molecule has 80 valence electrons. The molecule has 2 rings (SSSR count). The Labute approximate surface area is 97.3 Å². The van der Waals surface area contributed by atoms with E-state index in [1.807, 2.05) is 12.1 Å². The van der Waals surface area contributed by atoms with Crippen molar-refractivity contribution in [2.24, 2.45) is 0 Å². The molecule has 0 radical (unpaired) electrons. The summed E-state index contributed by atoms with van der Waals surface area (Å²) >= 11 is 0. The van der Waals surface area contributed by atoms with Crippen LogP contribution in [0.25, 0.3) is 11.1 Å². The molecule has 0 amide bonds. The molecule has 0 fully saturated rings. The molecule has 2 aromatic rings. The van der Waals surface area contributed by atoms with E-state index in [0.717, 1.165) is 6.42 Å². The van der Waals surface area contributed by atoms with Crippen LogP contribution in [0.2, 0.25) is 0 Å². The smallest absolute Gasteiger partial charge is 0.00940 e. The molecular weight excluding hydrogens is 192 g/mol. The van der Waals surface area contributed by atoms with Crippen LogP contribution < -0.4 is 0 Å². The number of benzene rings is 2. The molecule has 0 spiro atoms. The molecule has 0 saturated heterocycles. The normalized spacial score (nSPS) is 10.1. The zero-order chi connectivity index (χ0) is 11.4. The molecule has 0 nitrogen and oxygen atoms in total. The third-order valence-electron chi connectivity index (χ3n) is 2.71. The number of hydrogen-bond donors (Lipinski definition) is 0. The number of aryl methyl sites for hydroxylation is 1.